The van der Waals surface area contributed by atoms with Gasteiger partial charge in [0.15, 0.2) is 0 Å². The Kier molecular flexibility index (Phi) is 11.6. The summed E-state index contributed by atoms with van der Waals surface area (Å²) in [7, 11) is 0. The van der Waals surface area contributed by atoms with E-state index in [-0.39, 0.29) is 5.91 Å². The van der Waals surface area contributed by atoms with E-state index in [1.807, 2.05) is 6.92 Å². The van der Waals surface area contributed by atoms with Gasteiger partial charge in [-0.05, 0) is 32.2 Å². The molecule has 0 fully saturated rings. The molecule has 0 aromatic heterocycles. The monoisotopic (exact) mass is 270 g/mol. The van der Waals surface area contributed by atoms with Crippen LogP contribution in [0.5, 0.6) is 0 Å². The number of carbonyl (C=O) groups excluding carboxylic acids is 1. The van der Waals surface area contributed by atoms with Crippen LogP contribution in [-0.2, 0) is 9.53 Å². The molecule has 0 aliphatic rings. The van der Waals surface area contributed by atoms with Gasteiger partial charge in [-0.2, -0.15) is 0 Å². The van der Waals surface area contributed by atoms with E-state index in [9.17, 15) is 4.79 Å². The number of hydrogen-bond acceptors (Lipinski definition) is 3. The Morgan fingerprint density at radius 2 is 2.11 bits per heavy atom. The largest absolute Gasteiger partial charge is 0.375 e. The number of hydrogen-bond donors (Lipinski definition) is 2. The maximum Gasteiger partial charge on any atom is 0.220 e. The van der Waals surface area contributed by atoms with Crippen LogP contribution in [-0.4, -0.2) is 32.2 Å². The van der Waals surface area contributed by atoms with Crippen molar-refractivity contribution >= 4 is 5.91 Å². The first-order valence-corrected chi connectivity index (χ1v) is 7.29. The molecule has 112 valence electrons. The fourth-order valence-corrected chi connectivity index (χ4v) is 2.01. The second-order valence-electron chi connectivity index (χ2n) is 5.13. The van der Waals surface area contributed by atoms with Crippen LogP contribution in [0.1, 0.15) is 46.0 Å². The highest BCUT2D eigenvalue weighted by Gasteiger charge is 2.09. The first-order chi connectivity index (χ1) is 9.10. The molecule has 3 N–H and O–H groups in total. The molecule has 0 radical (unpaired) electrons. The smallest absolute Gasteiger partial charge is 0.220 e. The topological polar surface area (TPSA) is 64.3 Å². The molecule has 0 saturated heterocycles. The normalized spacial score (nSPS) is 12.2. The van der Waals surface area contributed by atoms with E-state index < -0.39 is 0 Å². The Labute approximate surface area is 117 Å². The molecular formula is C15H30N2O2. The molecule has 0 saturated carbocycles. The maximum atomic E-state index is 11.6. The highest BCUT2D eigenvalue weighted by Crippen LogP contribution is 2.16. The molecule has 0 heterocycles. The van der Waals surface area contributed by atoms with Crippen LogP contribution in [0, 0.1) is 5.92 Å². The van der Waals surface area contributed by atoms with E-state index >= 15 is 0 Å². The molecule has 19 heavy (non-hydrogen) atoms. The van der Waals surface area contributed by atoms with E-state index in [2.05, 4.69) is 18.8 Å². The predicted molar refractivity (Wildman–Crippen MR) is 79.9 cm³/mol. The van der Waals surface area contributed by atoms with Gasteiger partial charge in [-0.15, -0.1) is 0 Å². The number of carbonyl (C=O) groups is 1. The highest BCUT2D eigenvalue weighted by atomic mass is 16.5. The zero-order valence-corrected chi connectivity index (χ0v) is 12.5. The third-order valence-electron chi connectivity index (χ3n) is 2.97. The van der Waals surface area contributed by atoms with Gasteiger partial charge in [-0.25, -0.2) is 0 Å². The van der Waals surface area contributed by atoms with Crippen LogP contribution in [0.2, 0.25) is 0 Å². The van der Waals surface area contributed by atoms with Crippen molar-refractivity contribution in [3.8, 4) is 0 Å². The van der Waals surface area contributed by atoms with Crippen LogP contribution < -0.4 is 11.1 Å². The molecule has 4 heteroatoms. The lowest BCUT2D eigenvalue weighted by Crippen LogP contribution is -2.27. The summed E-state index contributed by atoms with van der Waals surface area (Å²) in [5.74, 6) is 0.692. The summed E-state index contributed by atoms with van der Waals surface area (Å²) >= 11 is 0. The number of nitrogens with two attached hydrogens (primary N) is 1. The third-order valence-corrected chi connectivity index (χ3v) is 2.97. The van der Waals surface area contributed by atoms with Crippen molar-refractivity contribution in [3.05, 3.63) is 12.2 Å². The van der Waals surface area contributed by atoms with Crippen molar-refractivity contribution in [3.63, 3.8) is 0 Å². The highest BCUT2D eigenvalue weighted by molar-refractivity contribution is 5.75. The summed E-state index contributed by atoms with van der Waals surface area (Å²) < 4.78 is 5.32. The minimum atomic E-state index is 0.108. The summed E-state index contributed by atoms with van der Waals surface area (Å²) in [6.07, 6.45) is 4.85. The number of ether oxygens (including phenoxy) is 1. The molecule has 0 bridgehead atoms. The number of nitrogens with one attached hydrogen (secondary N) is 1. The Morgan fingerprint density at radius 1 is 1.37 bits per heavy atom. The lowest BCUT2D eigenvalue weighted by molar-refractivity contribution is -0.121. The molecule has 0 aliphatic carbocycles. The van der Waals surface area contributed by atoms with Gasteiger partial charge in [0.1, 0.15) is 0 Å². The van der Waals surface area contributed by atoms with Crippen molar-refractivity contribution in [1.82, 2.24) is 5.32 Å². The second kappa shape index (κ2) is 12.2. The van der Waals surface area contributed by atoms with Crippen molar-refractivity contribution in [1.29, 1.82) is 0 Å². The Balaban J connectivity index is 3.58. The summed E-state index contributed by atoms with van der Waals surface area (Å²) in [6, 6.07) is 0. The Bertz CT molecular complexity index is 249. The van der Waals surface area contributed by atoms with Gasteiger partial charge >= 0.3 is 0 Å². The lowest BCUT2D eigenvalue weighted by Gasteiger charge is -2.14. The molecule has 0 aromatic rings. The third kappa shape index (κ3) is 11.9. The molecule has 1 unspecified atom stereocenters. The van der Waals surface area contributed by atoms with Gasteiger partial charge in [0.2, 0.25) is 5.91 Å². The molecular weight excluding hydrogens is 240 g/mol. The average Bonchev–Trinajstić information content (AvgIpc) is 2.35. The molecule has 0 rings (SSSR count). The van der Waals surface area contributed by atoms with E-state index in [0.29, 0.717) is 38.6 Å². The van der Waals surface area contributed by atoms with E-state index in [1.165, 1.54) is 0 Å². The van der Waals surface area contributed by atoms with Gasteiger partial charge in [0, 0.05) is 13.0 Å². The van der Waals surface area contributed by atoms with Crippen molar-refractivity contribution in [2.45, 2.75) is 46.0 Å². The molecule has 0 spiro atoms. The predicted octanol–water partition coefficient (Wildman–Crippen LogP) is 2.24. The standard InChI is InChI=1S/C15H30N2O2/c1-4-5-14(8-9-16)6-7-15(18)17-10-11-19-12-13(2)3/h14H,2,4-12,16H2,1,3H3,(H,17,18). The van der Waals surface area contributed by atoms with Crippen LogP contribution >= 0.6 is 0 Å². The van der Waals surface area contributed by atoms with Gasteiger partial charge in [0.25, 0.3) is 0 Å². The van der Waals surface area contributed by atoms with E-state index in [0.717, 1.165) is 31.3 Å². The van der Waals surface area contributed by atoms with Crippen LogP contribution in [0.4, 0.5) is 0 Å². The van der Waals surface area contributed by atoms with Crippen LogP contribution in [0.3, 0.4) is 0 Å². The average molecular weight is 270 g/mol. The fourth-order valence-electron chi connectivity index (χ4n) is 2.01. The second-order valence-corrected chi connectivity index (χ2v) is 5.13. The molecule has 4 nitrogen and oxygen atoms in total. The van der Waals surface area contributed by atoms with Gasteiger partial charge < -0.3 is 15.8 Å². The van der Waals surface area contributed by atoms with Crippen LogP contribution in [0.15, 0.2) is 12.2 Å². The van der Waals surface area contributed by atoms with E-state index in [1.54, 1.807) is 0 Å². The first kappa shape index (κ1) is 18.1. The van der Waals surface area contributed by atoms with Crippen LogP contribution in [0.25, 0.3) is 0 Å². The van der Waals surface area contributed by atoms with Gasteiger partial charge in [-0.3, -0.25) is 4.79 Å². The molecule has 0 aliphatic heterocycles. The Morgan fingerprint density at radius 3 is 2.68 bits per heavy atom. The summed E-state index contributed by atoms with van der Waals surface area (Å²) in [5.41, 5.74) is 6.58. The first-order valence-electron chi connectivity index (χ1n) is 7.29. The molecule has 1 atom stereocenters. The van der Waals surface area contributed by atoms with Gasteiger partial charge in [-0.1, -0.05) is 31.9 Å². The zero-order chi connectivity index (χ0) is 14.5. The summed E-state index contributed by atoms with van der Waals surface area (Å²) in [6.45, 7) is 10.2. The summed E-state index contributed by atoms with van der Waals surface area (Å²) in [5, 5.41) is 2.87. The summed E-state index contributed by atoms with van der Waals surface area (Å²) in [4.78, 5) is 11.6. The zero-order valence-electron chi connectivity index (χ0n) is 12.5. The minimum Gasteiger partial charge on any atom is -0.375 e. The number of rotatable bonds is 12. The SMILES string of the molecule is C=C(C)COCCNC(=O)CCC(CCC)CCN. The number of amides is 1. The molecule has 0 aromatic carbocycles. The maximum absolute atomic E-state index is 11.6. The quantitative estimate of drug-likeness (QED) is 0.422. The Hall–Kier alpha value is -0.870. The lowest BCUT2D eigenvalue weighted by atomic mass is 9.94. The van der Waals surface area contributed by atoms with E-state index in [4.69, 9.17) is 10.5 Å². The van der Waals surface area contributed by atoms with Crippen molar-refractivity contribution < 1.29 is 9.53 Å². The minimum absolute atomic E-state index is 0.108. The van der Waals surface area contributed by atoms with Crippen molar-refractivity contribution in [2.75, 3.05) is 26.3 Å². The van der Waals surface area contributed by atoms with Gasteiger partial charge in [0.05, 0.1) is 13.2 Å². The molecule has 1 amide bonds. The van der Waals surface area contributed by atoms with Crippen molar-refractivity contribution in [2.24, 2.45) is 11.7 Å². The fraction of sp³-hybridized carbons (Fsp3) is 0.800.